The zero-order valence-electron chi connectivity index (χ0n) is 11.8. The van der Waals surface area contributed by atoms with E-state index < -0.39 is 0 Å². The first-order chi connectivity index (χ1) is 10.1. The summed E-state index contributed by atoms with van der Waals surface area (Å²) in [7, 11) is 0. The van der Waals surface area contributed by atoms with Gasteiger partial charge in [0.1, 0.15) is 5.70 Å². The second kappa shape index (κ2) is 7.54. The van der Waals surface area contributed by atoms with Crippen molar-refractivity contribution in [3.05, 3.63) is 40.5 Å². The number of nitrogens with one attached hydrogen (secondary N) is 1. The third kappa shape index (κ3) is 4.27. The molecule has 1 amide bonds. The third-order valence-corrected chi connectivity index (χ3v) is 3.59. The first kappa shape index (κ1) is 15.9. The molecule has 0 spiro atoms. The van der Waals surface area contributed by atoms with Crippen LogP contribution >= 0.6 is 23.8 Å². The first-order valence-electron chi connectivity index (χ1n) is 6.79. The molecule has 1 N–H and O–H groups in total. The SMILES string of the molecule is CCOCCCN1C(=O)/C(=C\c2ccc(Cl)cc2)NC1=S. The molecule has 0 atom stereocenters. The molecule has 1 fully saturated rings. The molecule has 0 aromatic heterocycles. The highest BCUT2D eigenvalue weighted by atomic mass is 35.5. The summed E-state index contributed by atoms with van der Waals surface area (Å²) < 4.78 is 5.27. The molecule has 112 valence electrons. The summed E-state index contributed by atoms with van der Waals surface area (Å²) in [5, 5.41) is 4.06. The summed E-state index contributed by atoms with van der Waals surface area (Å²) >= 11 is 11.0. The average Bonchev–Trinajstić information content (AvgIpc) is 2.73. The van der Waals surface area contributed by atoms with Crippen LogP contribution in [0.1, 0.15) is 18.9 Å². The van der Waals surface area contributed by atoms with Gasteiger partial charge >= 0.3 is 0 Å². The van der Waals surface area contributed by atoms with Crippen LogP contribution in [-0.2, 0) is 9.53 Å². The number of hydrogen-bond acceptors (Lipinski definition) is 3. The number of nitrogens with zero attached hydrogens (tertiary/aromatic N) is 1. The Labute approximate surface area is 134 Å². The lowest BCUT2D eigenvalue weighted by molar-refractivity contribution is -0.122. The summed E-state index contributed by atoms with van der Waals surface area (Å²) in [6.07, 6.45) is 2.53. The lowest BCUT2D eigenvalue weighted by Crippen LogP contribution is -2.32. The third-order valence-electron chi connectivity index (χ3n) is 3.02. The molecule has 0 bridgehead atoms. The van der Waals surface area contributed by atoms with Gasteiger partial charge in [-0.3, -0.25) is 9.69 Å². The van der Waals surface area contributed by atoms with Crippen LogP contribution in [0.2, 0.25) is 5.02 Å². The van der Waals surface area contributed by atoms with Crippen molar-refractivity contribution in [1.82, 2.24) is 10.2 Å². The van der Waals surface area contributed by atoms with E-state index in [0.29, 0.717) is 35.6 Å². The van der Waals surface area contributed by atoms with Crippen molar-refractivity contribution in [3.8, 4) is 0 Å². The fourth-order valence-electron chi connectivity index (χ4n) is 1.97. The molecule has 2 rings (SSSR count). The summed E-state index contributed by atoms with van der Waals surface area (Å²) in [6.45, 7) is 3.81. The lowest BCUT2D eigenvalue weighted by atomic mass is 10.2. The number of amides is 1. The largest absolute Gasteiger partial charge is 0.382 e. The molecule has 0 unspecified atom stereocenters. The van der Waals surface area contributed by atoms with Crippen LogP contribution in [0.15, 0.2) is 30.0 Å². The van der Waals surface area contributed by atoms with Crippen LogP contribution < -0.4 is 5.32 Å². The maximum Gasteiger partial charge on any atom is 0.276 e. The van der Waals surface area contributed by atoms with Gasteiger partial charge < -0.3 is 10.1 Å². The predicted molar refractivity (Wildman–Crippen MR) is 88.0 cm³/mol. The van der Waals surface area contributed by atoms with Crippen molar-refractivity contribution in [1.29, 1.82) is 0 Å². The van der Waals surface area contributed by atoms with Gasteiger partial charge in [-0.1, -0.05) is 23.7 Å². The van der Waals surface area contributed by atoms with Crippen LogP contribution in [0.3, 0.4) is 0 Å². The van der Waals surface area contributed by atoms with Crippen LogP contribution in [0, 0.1) is 0 Å². The van der Waals surface area contributed by atoms with Gasteiger partial charge in [0.25, 0.3) is 5.91 Å². The van der Waals surface area contributed by atoms with E-state index in [4.69, 9.17) is 28.6 Å². The van der Waals surface area contributed by atoms with Crippen molar-refractivity contribution >= 4 is 40.9 Å². The highest BCUT2D eigenvalue weighted by Gasteiger charge is 2.29. The number of halogens is 1. The maximum atomic E-state index is 12.3. The van der Waals surface area contributed by atoms with Gasteiger partial charge in [-0.2, -0.15) is 0 Å². The van der Waals surface area contributed by atoms with E-state index in [2.05, 4.69) is 5.32 Å². The highest BCUT2D eigenvalue weighted by Crippen LogP contribution is 2.16. The van der Waals surface area contributed by atoms with Gasteiger partial charge in [-0.25, -0.2) is 0 Å². The smallest absolute Gasteiger partial charge is 0.276 e. The van der Waals surface area contributed by atoms with Crippen LogP contribution in [0.5, 0.6) is 0 Å². The van der Waals surface area contributed by atoms with Crippen molar-refractivity contribution in [2.75, 3.05) is 19.8 Å². The number of rotatable bonds is 6. The van der Waals surface area contributed by atoms with Gasteiger partial charge in [0.15, 0.2) is 5.11 Å². The molecule has 1 heterocycles. The normalized spacial score (nSPS) is 16.7. The molecule has 1 aromatic carbocycles. The topological polar surface area (TPSA) is 41.6 Å². The van der Waals surface area contributed by atoms with E-state index in [1.165, 1.54) is 0 Å². The summed E-state index contributed by atoms with van der Waals surface area (Å²) in [5.74, 6) is -0.105. The quantitative estimate of drug-likeness (QED) is 0.496. The van der Waals surface area contributed by atoms with Gasteiger partial charge in [0, 0.05) is 24.8 Å². The van der Waals surface area contributed by atoms with Crippen molar-refractivity contribution in [2.45, 2.75) is 13.3 Å². The van der Waals surface area contributed by atoms with E-state index in [9.17, 15) is 4.79 Å². The minimum atomic E-state index is -0.105. The van der Waals surface area contributed by atoms with Crippen molar-refractivity contribution < 1.29 is 9.53 Å². The van der Waals surface area contributed by atoms with Gasteiger partial charge in [0.05, 0.1) is 0 Å². The van der Waals surface area contributed by atoms with E-state index in [1.807, 2.05) is 19.1 Å². The molecule has 0 radical (unpaired) electrons. The molecule has 1 aliphatic rings. The number of carbonyl (C=O) groups is 1. The van der Waals surface area contributed by atoms with Gasteiger partial charge in [0.2, 0.25) is 0 Å². The minimum Gasteiger partial charge on any atom is -0.382 e. The van der Waals surface area contributed by atoms with Gasteiger partial charge in [-0.05, 0) is 49.3 Å². The summed E-state index contributed by atoms with van der Waals surface area (Å²) in [5.41, 5.74) is 1.38. The molecule has 1 saturated heterocycles. The molecule has 1 aliphatic heterocycles. The van der Waals surface area contributed by atoms with Crippen LogP contribution in [0.4, 0.5) is 0 Å². The van der Waals surface area contributed by atoms with Gasteiger partial charge in [-0.15, -0.1) is 0 Å². The van der Waals surface area contributed by atoms with Crippen LogP contribution in [0.25, 0.3) is 6.08 Å². The molecule has 4 nitrogen and oxygen atoms in total. The zero-order valence-corrected chi connectivity index (χ0v) is 13.3. The summed E-state index contributed by atoms with van der Waals surface area (Å²) in [4.78, 5) is 13.9. The van der Waals surface area contributed by atoms with Crippen molar-refractivity contribution in [2.24, 2.45) is 0 Å². The molecule has 1 aromatic rings. The Bertz CT molecular complexity index is 557. The average molecular weight is 325 g/mol. The molecular formula is C15H17ClN2O2S. The van der Waals surface area contributed by atoms with E-state index >= 15 is 0 Å². The fraction of sp³-hybridized carbons (Fsp3) is 0.333. The summed E-state index contributed by atoms with van der Waals surface area (Å²) in [6, 6.07) is 7.27. The zero-order chi connectivity index (χ0) is 15.2. The van der Waals surface area contributed by atoms with Crippen molar-refractivity contribution in [3.63, 3.8) is 0 Å². The Kier molecular flexibility index (Phi) is 5.73. The predicted octanol–water partition coefficient (Wildman–Crippen LogP) is 2.82. The molecular weight excluding hydrogens is 308 g/mol. The highest BCUT2D eigenvalue weighted by molar-refractivity contribution is 7.80. The number of thiocarbonyl (C=S) groups is 1. The monoisotopic (exact) mass is 324 g/mol. The van der Waals surface area contributed by atoms with E-state index in [0.717, 1.165) is 12.0 Å². The fourth-order valence-corrected chi connectivity index (χ4v) is 2.38. The second-order valence-electron chi connectivity index (χ2n) is 4.55. The Morgan fingerprint density at radius 3 is 2.76 bits per heavy atom. The number of carbonyl (C=O) groups excluding carboxylic acids is 1. The molecule has 0 aliphatic carbocycles. The Morgan fingerprint density at radius 1 is 1.38 bits per heavy atom. The van der Waals surface area contributed by atoms with Crippen LogP contribution in [-0.4, -0.2) is 35.7 Å². The second-order valence-corrected chi connectivity index (χ2v) is 5.37. The number of ether oxygens (including phenoxy) is 1. The van der Waals surface area contributed by atoms with E-state index in [-0.39, 0.29) is 5.91 Å². The number of benzene rings is 1. The first-order valence-corrected chi connectivity index (χ1v) is 7.58. The molecule has 21 heavy (non-hydrogen) atoms. The maximum absolute atomic E-state index is 12.3. The standard InChI is InChI=1S/C15H17ClN2O2S/c1-2-20-9-3-8-18-14(19)13(17-15(18)21)10-11-4-6-12(16)7-5-11/h4-7,10H,2-3,8-9H2,1H3,(H,17,21)/b13-10+. The lowest BCUT2D eigenvalue weighted by Gasteiger charge is -2.13. The molecule has 6 heteroatoms. The Hall–Kier alpha value is -1.43. The minimum absolute atomic E-state index is 0.105. The number of hydrogen-bond donors (Lipinski definition) is 1. The molecule has 0 saturated carbocycles. The Morgan fingerprint density at radius 2 is 2.10 bits per heavy atom. The van der Waals surface area contributed by atoms with E-state index in [1.54, 1.807) is 23.1 Å². The Balaban J connectivity index is 2.01.